The number of nitrogens with zero attached hydrogens (tertiary/aromatic N) is 6. The molecule has 2 aromatic carbocycles. The van der Waals surface area contributed by atoms with E-state index in [-0.39, 0.29) is 17.6 Å². The average Bonchev–Trinajstić information content (AvgIpc) is 3.46. The summed E-state index contributed by atoms with van der Waals surface area (Å²) in [5.41, 5.74) is 4.82. The molecule has 2 fully saturated rings. The third-order valence-electron chi connectivity index (χ3n) is 8.56. The van der Waals surface area contributed by atoms with Crippen LogP contribution in [0.4, 0.5) is 5.69 Å². The van der Waals surface area contributed by atoms with Crippen molar-refractivity contribution in [1.82, 2.24) is 30.1 Å². The number of hydrogen-bond donors (Lipinski definition) is 1. The number of fused-ring (bicyclic) bond motifs is 1. The Morgan fingerprint density at radius 1 is 0.974 bits per heavy atom. The number of benzene rings is 2. The summed E-state index contributed by atoms with van der Waals surface area (Å²) in [6.45, 7) is 7.29. The molecular formula is C30H37N7O2. The van der Waals surface area contributed by atoms with E-state index in [0.717, 1.165) is 78.3 Å². The van der Waals surface area contributed by atoms with Crippen LogP contribution in [-0.4, -0.2) is 63.4 Å². The quantitative estimate of drug-likeness (QED) is 0.393. The summed E-state index contributed by atoms with van der Waals surface area (Å²) in [7, 11) is 1.71. The Morgan fingerprint density at radius 3 is 2.49 bits per heavy atom. The molecule has 1 saturated carbocycles. The molecule has 1 aliphatic carbocycles. The van der Waals surface area contributed by atoms with Crippen LogP contribution in [0.3, 0.4) is 0 Å². The van der Waals surface area contributed by atoms with Gasteiger partial charge in [0.1, 0.15) is 11.8 Å². The summed E-state index contributed by atoms with van der Waals surface area (Å²) in [6, 6.07) is 14.3. The molecule has 1 saturated heterocycles. The smallest absolute Gasteiger partial charge is 0.253 e. The minimum absolute atomic E-state index is 0.0773. The van der Waals surface area contributed by atoms with E-state index in [2.05, 4.69) is 61.5 Å². The molecule has 0 radical (unpaired) electrons. The Kier molecular flexibility index (Phi) is 7.08. The van der Waals surface area contributed by atoms with E-state index in [1.54, 1.807) is 7.11 Å². The topological polar surface area (TPSA) is 92.2 Å². The van der Waals surface area contributed by atoms with E-state index in [4.69, 9.17) is 4.74 Å². The van der Waals surface area contributed by atoms with E-state index in [0.29, 0.717) is 5.56 Å². The van der Waals surface area contributed by atoms with Crippen LogP contribution < -0.4 is 15.2 Å². The first-order valence-electron chi connectivity index (χ1n) is 14.1. The van der Waals surface area contributed by atoms with Crippen molar-refractivity contribution in [2.24, 2.45) is 0 Å². The fourth-order valence-electron chi connectivity index (χ4n) is 6.37. The van der Waals surface area contributed by atoms with Gasteiger partial charge in [0.05, 0.1) is 24.4 Å². The fourth-order valence-corrected chi connectivity index (χ4v) is 6.37. The molecule has 1 N–H and O–H groups in total. The number of anilines is 1. The molecule has 1 aliphatic heterocycles. The van der Waals surface area contributed by atoms with Crippen molar-refractivity contribution in [3.8, 4) is 5.75 Å². The van der Waals surface area contributed by atoms with Gasteiger partial charge in [-0.15, -0.1) is 5.10 Å². The Morgan fingerprint density at radius 2 is 1.72 bits per heavy atom. The second kappa shape index (κ2) is 10.8. The third kappa shape index (κ3) is 4.80. The van der Waals surface area contributed by atoms with Crippen molar-refractivity contribution < 1.29 is 4.74 Å². The monoisotopic (exact) mass is 527 g/mol. The summed E-state index contributed by atoms with van der Waals surface area (Å²) < 4.78 is 7.65. The van der Waals surface area contributed by atoms with Crippen molar-refractivity contribution >= 4 is 16.6 Å². The maximum absolute atomic E-state index is 13.7. The molecule has 0 spiro atoms. The van der Waals surface area contributed by atoms with E-state index >= 15 is 0 Å². The average molecular weight is 528 g/mol. The summed E-state index contributed by atoms with van der Waals surface area (Å²) >= 11 is 0. The maximum atomic E-state index is 13.7. The van der Waals surface area contributed by atoms with Gasteiger partial charge in [-0.05, 0) is 66.4 Å². The Labute approximate surface area is 228 Å². The first-order chi connectivity index (χ1) is 19.0. The number of rotatable bonds is 6. The van der Waals surface area contributed by atoms with Gasteiger partial charge in [0.25, 0.3) is 5.56 Å². The van der Waals surface area contributed by atoms with Crippen LogP contribution in [0.5, 0.6) is 5.75 Å². The van der Waals surface area contributed by atoms with E-state index in [1.807, 2.05) is 29.8 Å². The van der Waals surface area contributed by atoms with Crippen LogP contribution in [-0.2, 0) is 0 Å². The molecule has 39 heavy (non-hydrogen) atoms. The minimum atomic E-state index is -0.338. The van der Waals surface area contributed by atoms with Gasteiger partial charge >= 0.3 is 0 Å². The lowest BCUT2D eigenvalue weighted by molar-refractivity contribution is 0.192. The van der Waals surface area contributed by atoms with Gasteiger partial charge in [0.2, 0.25) is 0 Å². The lowest BCUT2D eigenvalue weighted by Gasteiger charge is -2.40. The summed E-state index contributed by atoms with van der Waals surface area (Å²) in [6.07, 6.45) is 5.76. The van der Waals surface area contributed by atoms with Gasteiger partial charge in [-0.1, -0.05) is 43.5 Å². The molecule has 0 amide bonds. The SMILES string of the molecule is COc1ccccc1N1CCN(C(c2cc3c(C)ccc(C)c3[nH]c2=O)c2nnnn2C2CCCCC2)CC1. The normalized spacial score (nSPS) is 18.0. The van der Waals surface area contributed by atoms with Crippen molar-refractivity contribution in [2.45, 2.75) is 58.0 Å². The molecule has 2 aliphatic rings. The third-order valence-corrected chi connectivity index (χ3v) is 8.56. The van der Waals surface area contributed by atoms with Crippen molar-refractivity contribution in [1.29, 1.82) is 0 Å². The zero-order chi connectivity index (χ0) is 26.9. The molecule has 4 aromatic rings. The number of hydrogen-bond acceptors (Lipinski definition) is 7. The number of methoxy groups -OCH3 is 1. The number of H-pyrrole nitrogens is 1. The van der Waals surface area contributed by atoms with Crippen LogP contribution >= 0.6 is 0 Å². The lowest BCUT2D eigenvalue weighted by Crippen LogP contribution is -2.49. The molecule has 1 unspecified atom stereocenters. The van der Waals surface area contributed by atoms with E-state index < -0.39 is 0 Å². The lowest BCUT2D eigenvalue weighted by atomic mass is 9.94. The number of nitrogens with one attached hydrogen (secondary N) is 1. The number of tetrazole rings is 1. The first-order valence-corrected chi connectivity index (χ1v) is 14.1. The predicted molar refractivity (Wildman–Crippen MR) is 153 cm³/mol. The maximum Gasteiger partial charge on any atom is 0.253 e. The molecule has 0 bridgehead atoms. The highest BCUT2D eigenvalue weighted by Gasteiger charge is 2.35. The standard InChI is InChI=1S/C30H37N7O2/c1-20-13-14-21(2)27-23(20)19-24(30(38)31-27)28(29-32-33-34-37(29)22-9-5-4-6-10-22)36-17-15-35(16-18-36)25-11-7-8-12-26(25)39-3/h7-8,11-14,19,22,28H,4-6,9-10,15-18H2,1-3H3,(H,31,38). The van der Waals surface area contributed by atoms with Gasteiger partial charge in [-0.2, -0.15) is 0 Å². The summed E-state index contributed by atoms with van der Waals surface area (Å²) in [5, 5.41) is 14.3. The van der Waals surface area contributed by atoms with Gasteiger partial charge in [-0.3, -0.25) is 9.69 Å². The number of aromatic nitrogens is 5. The molecule has 9 heteroatoms. The number of aryl methyl sites for hydroxylation is 2. The Bertz CT molecular complexity index is 1510. The van der Waals surface area contributed by atoms with Gasteiger partial charge in [-0.25, -0.2) is 4.68 Å². The Balaban J connectivity index is 1.41. The molecular weight excluding hydrogens is 490 g/mol. The number of aromatic amines is 1. The number of ether oxygens (including phenoxy) is 1. The van der Waals surface area contributed by atoms with Crippen LogP contribution in [0, 0.1) is 13.8 Å². The number of para-hydroxylation sites is 2. The fraction of sp³-hybridized carbons (Fsp3) is 0.467. The van der Waals surface area contributed by atoms with Crippen molar-refractivity contribution in [3.63, 3.8) is 0 Å². The van der Waals surface area contributed by atoms with E-state index in [1.165, 1.54) is 19.3 Å². The van der Waals surface area contributed by atoms with Crippen LogP contribution in [0.25, 0.3) is 10.9 Å². The largest absolute Gasteiger partial charge is 0.495 e. The van der Waals surface area contributed by atoms with Crippen molar-refractivity contribution in [2.75, 3.05) is 38.2 Å². The van der Waals surface area contributed by atoms with Gasteiger partial charge in [0.15, 0.2) is 5.82 Å². The van der Waals surface area contributed by atoms with Gasteiger partial charge in [0, 0.05) is 37.1 Å². The zero-order valence-corrected chi connectivity index (χ0v) is 23.1. The summed E-state index contributed by atoms with van der Waals surface area (Å²) in [5.74, 6) is 1.64. The zero-order valence-electron chi connectivity index (χ0n) is 23.1. The summed E-state index contributed by atoms with van der Waals surface area (Å²) in [4.78, 5) is 21.7. The van der Waals surface area contributed by atoms with Crippen LogP contribution in [0.15, 0.2) is 47.3 Å². The number of pyridine rings is 1. The molecule has 3 heterocycles. The van der Waals surface area contributed by atoms with Crippen molar-refractivity contribution in [3.05, 3.63) is 75.3 Å². The molecule has 1 atom stereocenters. The van der Waals surface area contributed by atoms with Crippen LogP contribution in [0.1, 0.15) is 66.7 Å². The van der Waals surface area contributed by atoms with E-state index in [9.17, 15) is 4.79 Å². The molecule has 204 valence electrons. The predicted octanol–water partition coefficient (Wildman–Crippen LogP) is 4.56. The highest BCUT2D eigenvalue weighted by Crippen LogP contribution is 2.35. The molecule has 9 nitrogen and oxygen atoms in total. The first kappa shape index (κ1) is 25.6. The minimum Gasteiger partial charge on any atom is -0.495 e. The second-order valence-corrected chi connectivity index (χ2v) is 10.9. The van der Waals surface area contributed by atoms with Gasteiger partial charge < -0.3 is 14.6 Å². The molecule has 2 aromatic heterocycles. The highest BCUT2D eigenvalue weighted by molar-refractivity contribution is 5.85. The second-order valence-electron chi connectivity index (χ2n) is 10.9. The Hall–Kier alpha value is -3.72. The number of piperazine rings is 1. The van der Waals surface area contributed by atoms with Crippen LogP contribution in [0.2, 0.25) is 0 Å². The highest BCUT2D eigenvalue weighted by atomic mass is 16.5. The molecule has 6 rings (SSSR count).